The van der Waals surface area contributed by atoms with Crippen molar-refractivity contribution in [3.63, 3.8) is 0 Å². The summed E-state index contributed by atoms with van der Waals surface area (Å²) in [5, 5.41) is 31.3. The molecule has 0 heterocycles. The molecule has 5 heteroatoms. The van der Waals surface area contributed by atoms with Gasteiger partial charge in [0.05, 0.1) is 5.56 Å². The van der Waals surface area contributed by atoms with Gasteiger partial charge in [0.2, 0.25) is 0 Å². The third kappa shape index (κ3) is 4.76. The molecule has 102 valence electrons. The van der Waals surface area contributed by atoms with Crippen molar-refractivity contribution in [2.75, 3.05) is 24.7 Å². The summed E-state index contributed by atoms with van der Waals surface area (Å²) in [5.74, 6) is 2.12. The van der Waals surface area contributed by atoms with E-state index in [1.807, 2.05) is 6.92 Å². The van der Waals surface area contributed by atoms with E-state index >= 15 is 0 Å². The Labute approximate surface area is 112 Å². The molecule has 4 N–H and O–H groups in total. The lowest BCUT2D eigenvalue weighted by atomic mass is 10.1. The molecule has 1 rings (SSSR count). The van der Waals surface area contributed by atoms with Gasteiger partial charge in [0.1, 0.15) is 11.5 Å². The zero-order valence-corrected chi connectivity index (χ0v) is 11.4. The predicted molar refractivity (Wildman–Crippen MR) is 75.2 cm³/mol. The Bertz CT molecular complexity index is 340. The van der Waals surface area contributed by atoms with Crippen LogP contribution < -0.4 is 5.32 Å². The summed E-state index contributed by atoms with van der Waals surface area (Å²) in [6.07, 6.45) is 0.820. The highest BCUT2D eigenvalue weighted by molar-refractivity contribution is 7.99. The Kier molecular flexibility index (Phi) is 6.93. The SMILES string of the molecule is CC(NCCSCCCO)c1c(O)cccc1O. The minimum atomic E-state index is -0.0929. The first-order chi connectivity index (χ1) is 8.66. The van der Waals surface area contributed by atoms with Gasteiger partial charge in [0.25, 0.3) is 0 Å². The van der Waals surface area contributed by atoms with Crippen LogP contribution in [-0.2, 0) is 0 Å². The first kappa shape index (κ1) is 15.1. The highest BCUT2D eigenvalue weighted by atomic mass is 32.2. The topological polar surface area (TPSA) is 72.7 Å². The Hall–Kier alpha value is -0.910. The molecule has 0 spiro atoms. The zero-order chi connectivity index (χ0) is 13.4. The third-order valence-corrected chi connectivity index (χ3v) is 3.71. The Morgan fingerprint density at radius 2 is 1.89 bits per heavy atom. The quantitative estimate of drug-likeness (QED) is 0.543. The Morgan fingerprint density at radius 1 is 1.22 bits per heavy atom. The van der Waals surface area contributed by atoms with E-state index in [2.05, 4.69) is 5.32 Å². The zero-order valence-electron chi connectivity index (χ0n) is 10.6. The van der Waals surface area contributed by atoms with E-state index in [-0.39, 0.29) is 24.1 Å². The number of aromatic hydroxyl groups is 2. The highest BCUT2D eigenvalue weighted by Crippen LogP contribution is 2.31. The predicted octanol–water partition coefficient (Wildman–Crippen LogP) is 1.86. The highest BCUT2D eigenvalue weighted by Gasteiger charge is 2.13. The van der Waals surface area contributed by atoms with Crippen molar-refractivity contribution in [1.29, 1.82) is 0 Å². The van der Waals surface area contributed by atoms with Gasteiger partial charge in [-0.2, -0.15) is 11.8 Å². The van der Waals surface area contributed by atoms with Crippen LogP contribution in [-0.4, -0.2) is 40.0 Å². The van der Waals surface area contributed by atoms with Crippen LogP contribution in [0.2, 0.25) is 0 Å². The number of hydrogen-bond donors (Lipinski definition) is 4. The van der Waals surface area contributed by atoms with Crippen LogP contribution in [0, 0.1) is 0 Å². The number of rotatable bonds is 8. The molecule has 1 aromatic carbocycles. The number of nitrogens with one attached hydrogen (secondary N) is 1. The number of aliphatic hydroxyl groups excluding tert-OH is 1. The number of aliphatic hydroxyl groups is 1. The van der Waals surface area contributed by atoms with Gasteiger partial charge < -0.3 is 20.6 Å². The molecule has 18 heavy (non-hydrogen) atoms. The summed E-state index contributed by atoms with van der Waals surface area (Å²) >= 11 is 1.78. The second kappa shape index (κ2) is 8.24. The fourth-order valence-corrected chi connectivity index (χ4v) is 2.50. The molecule has 0 aliphatic carbocycles. The molecule has 1 atom stereocenters. The number of phenolic OH excluding ortho intramolecular Hbond substituents is 2. The lowest BCUT2D eigenvalue weighted by molar-refractivity contribution is 0.296. The van der Waals surface area contributed by atoms with E-state index in [0.29, 0.717) is 5.56 Å². The first-order valence-corrected chi connectivity index (χ1v) is 7.25. The van der Waals surface area contributed by atoms with E-state index < -0.39 is 0 Å². The van der Waals surface area contributed by atoms with E-state index in [4.69, 9.17) is 5.11 Å². The molecule has 0 radical (unpaired) electrons. The van der Waals surface area contributed by atoms with Crippen LogP contribution >= 0.6 is 11.8 Å². The summed E-state index contributed by atoms with van der Waals surface area (Å²) < 4.78 is 0. The molecule has 0 aliphatic heterocycles. The molecule has 0 saturated carbocycles. The lowest BCUT2D eigenvalue weighted by Crippen LogP contribution is -2.21. The molecule has 0 aliphatic rings. The molecule has 4 nitrogen and oxygen atoms in total. The van der Waals surface area contributed by atoms with Crippen LogP contribution in [0.1, 0.15) is 24.9 Å². The average Bonchev–Trinajstić information content (AvgIpc) is 2.33. The standard InChI is InChI=1S/C13H21NO3S/c1-10(14-6-9-18-8-3-7-15)13-11(16)4-2-5-12(13)17/h2,4-5,10,14-17H,3,6-9H2,1H3. The maximum atomic E-state index is 9.70. The summed E-state index contributed by atoms with van der Waals surface area (Å²) in [4.78, 5) is 0. The van der Waals surface area contributed by atoms with Gasteiger partial charge in [0.15, 0.2) is 0 Å². The van der Waals surface area contributed by atoms with Crippen LogP contribution in [0.5, 0.6) is 11.5 Å². The number of phenols is 2. The van der Waals surface area contributed by atoms with E-state index in [1.165, 1.54) is 0 Å². The largest absolute Gasteiger partial charge is 0.507 e. The number of thioether (sulfide) groups is 1. The fraction of sp³-hybridized carbons (Fsp3) is 0.538. The lowest BCUT2D eigenvalue weighted by Gasteiger charge is -2.16. The smallest absolute Gasteiger partial charge is 0.124 e. The van der Waals surface area contributed by atoms with E-state index in [9.17, 15) is 10.2 Å². The molecule has 0 fully saturated rings. The second-order valence-electron chi connectivity index (χ2n) is 4.08. The van der Waals surface area contributed by atoms with Crippen molar-refractivity contribution in [3.05, 3.63) is 23.8 Å². The molecule has 1 aromatic rings. The molecule has 1 unspecified atom stereocenters. The maximum absolute atomic E-state index is 9.70. The van der Waals surface area contributed by atoms with E-state index in [0.717, 1.165) is 24.5 Å². The minimum absolute atomic E-state index is 0.0929. The van der Waals surface area contributed by atoms with Crippen molar-refractivity contribution < 1.29 is 15.3 Å². The van der Waals surface area contributed by atoms with Gasteiger partial charge in [0, 0.05) is 24.9 Å². The summed E-state index contributed by atoms with van der Waals surface area (Å²) in [5.41, 5.74) is 0.540. The summed E-state index contributed by atoms with van der Waals surface area (Å²) in [7, 11) is 0. The first-order valence-electron chi connectivity index (χ1n) is 6.09. The minimum Gasteiger partial charge on any atom is -0.507 e. The average molecular weight is 271 g/mol. The van der Waals surface area contributed by atoms with Crippen LogP contribution in [0.15, 0.2) is 18.2 Å². The van der Waals surface area contributed by atoms with Crippen molar-refractivity contribution >= 4 is 11.8 Å². The molecule has 0 amide bonds. The van der Waals surface area contributed by atoms with Crippen LogP contribution in [0.3, 0.4) is 0 Å². The monoisotopic (exact) mass is 271 g/mol. The summed E-state index contributed by atoms with van der Waals surface area (Å²) in [6, 6.07) is 4.67. The van der Waals surface area contributed by atoms with Crippen molar-refractivity contribution in [2.45, 2.75) is 19.4 Å². The summed E-state index contributed by atoms with van der Waals surface area (Å²) in [6.45, 7) is 2.95. The molecule has 0 aromatic heterocycles. The third-order valence-electron chi connectivity index (χ3n) is 2.64. The fourth-order valence-electron chi connectivity index (χ4n) is 1.70. The van der Waals surface area contributed by atoms with Crippen molar-refractivity contribution in [1.82, 2.24) is 5.32 Å². The van der Waals surface area contributed by atoms with Crippen molar-refractivity contribution in [3.8, 4) is 11.5 Å². The number of benzene rings is 1. The molecular formula is C13H21NO3S. The Balaban J connectivity index is 2.34. The van der Waals surface area contributed by atoms with E-state index in [1.54, 1.807) is 30.0 Å². The van der Waals surface area contributed by atoms with Gasteiger partial charge >= 0.3 is 0 Å². The number of hydrogen-bond acceptors (Lipinski definition) is 5. The van der Waals surface area contributed by atoms with Crippen LogP contribution in [0.25, 0.3) is 0 Å². The van der Waals surface area contributed by atoms with Gasteiger partial charge in [-0.15, -0.1) is 0 Å². The molecular weight excluding hydrogens is 250 g/mol. The van der Waals surface area contributed by atoms with Crippen LogP contribution in [0.4, 0.5) is 0 Å². The normalized spacial score (nSPS) is 12.6. The van der Waals surface area contributed by atoms with Crippen molar-refractivity contribution in [2.24, 2.45) is 0 Å². The maximum Gasteiger partial charge on any atom is 0.124 e. The van der Waals surface area contributed by atoms with Gasteiger partial charge in [-0.1, -0.05) is 6.07 Å². The van der Waals surface area contributed by atoms with Gasteiger partial charge in [-0.05, 0) is 31.2 Å². The molecule has 0 saturated heterocycles. The van der Waals surface area contributed by atoms with Gasteiger partial charge in [-0.3, -0.25) is 0 Å². The van der Waals surface area contributed by atoms with Gasteiger partial charge in [-0.25, -0.2) is 0 Å². The Morgan fingerprint density at radius 3 is 2.50 bits per heavy atom. The molecule has 0 bridgehead atoms. The second-order valence-corrected chi connectivity index (χ2v) is 5.30.